The standard InChI is InChI=1S/C13H26N2O3/c1-15(11-13(17)6-3-4-7-13)10-12(16)14-8-5-9-18-2/h17H,3-11H2,1-2H3,(H,14,16). The normalized spacial score (nSPS) is 18.2. The van der Waals surface area contributed by atoms with E-state index in [2.05, 4.69) is 5.32 Å². The third-order valence-corrected chi connectivity index (χ3v) is 3.36. The number of nitrogens with one attached hydrogen (secondary N) is 1. The molecule has 1 aliphatic carbocycles. The molecule has 5 nitrogen and oxygen atoms in total. The lowest BCUT2D eigenvalue weighted by Crippen LogP contribution is -2.43. The Morgan fingerprint density at radius 2 is 2.11 bits per heavy atom. The molecule has 0 heterocycles. The molecule has 1 rings (SSSR count). The van der Waals surface area contributed by atoms with Gasteiger partial charge in [-0.1, -0.05) is 12.8 Å². The summed E-state index contributed by atoms with van der Waals surface area (Å²) in [5, 5.41) is 13.1. The Hall–Kier alpha value is -0.650. The molecule has 1 aliphatic rings. The molecule has 0 unspecified atom stereocenters. The topological polar surface area (TPSA) is 61.8 Å². The van der Waals surface area contributed by atoms with Crippen molar-refractivity contribution in [3.63, 3.8) is 0 Å². The Bertz CT molecular complexity index is 253. The Kier molecular flexibility index (Phi) is 6.60. The summed E-state index contributed by atoms with van der Waals surface area (Å²) in [4.78, 5) is 13.5. The van der Waals surface area contributed by atoms with E-state index in [1.54, 1.807) is 7.11 Å². The molecule has 1 amide bonds. The molecule has 5 heteroatoms. The third kappa shape index (κ3) is 5.80. The molecule has 0 spiro atoms. The van der Waals surface area contributed by atoms with Crippen LogP contribution in [0.5, 0.6) is 0 Å². The number of hydrogen-bond acceptors (Lipinski definition) is 4. The minimum atomic E-state index is -0.578. The van der Waals surface area contributed by atoms with Crippen LogP contribution in [-0.4, -0.2) is 61.9 Å². The molecule has 2 N–H and O–H groups in total. The van der Waals surface area contributed by atoms with E-state index < -0.39 is 5.60 Å². The van der Waals surface area contributed by atoms with Crippen molar-refractivity contribution in [2.45, 2.75) is 37.7 Å². The maximum Gasteiger partial charge on any atom is 0.234 e. The van der Waals surface area contributed by atoms with Crippen LogP contribution in [0.25, 0.3) is 0 Å². The van der Waals surface area contributed by atoms with E-state index in [9.17, 15) is 9.90 Å². The number of ether oxygens (including phenoxy) is 1. The molecule has 0 aromatic rings. The highest BCUT2D eigenvalue weighted by Gasteiger charge is 2.32. The summed E-state index contributed by atoms with van der Waals surface area (Å²) in [6.07, 6.45) is 4.72. The molecule has 0 atom stereocenters. The highest BCUT2D eigenvalue weighted by atomic mass is 16.5. The maximum absolute atomic E-state index is 11.6. The maximum atomic E-state index is 11.6. The van der Waals surface area contributed by atoms with E-state index in [1.165, 1.54) is 0 Å². The zero-order valence-electron chi connectivity index (χ0n) is 11.6. The first-order chi connectivity index (χ1) is 8.56. The minimum absolute atomic E-state index is 0.00944. The smallest absolute Gasteiger partial charge is 0.234 e. The second kappa shape index (κ2) is 7.71. The van der Waals surface area contributed by atoms with Gasteiger partial charge in [0.2, 0.25) is 5.91 Å². The Balaban J connectivity index is 2.14. The van der Waals surface area contributed by atoms with Gasteiger partial charge in [0.05, 0.1) is 12.1 Å². The number of carbonyl (C=O) groups excluding carboxylic acids is 1. The van der Waals surface area contributed by atoms with E-state index in [4.69, 9.17) is 4.74 Å². The molecular formula is C13H26N2O3. The third-order valence-electron chi connectivity index (χ3n) is 3.36. The number of aliphatic hydroxyl groups is 1. The molecule has 0 aromatic carbocycles. The van der Waals surface area contributed by atoms with Crippen molar-refractivity contribution < 1.29 is 14.6 Å². The van der Waals surface area contributed by atoms with Crippen molar-refractivity contribution in [2.75, 3.05) is 40.4 Å². The van der Waals surface area contributed by atoms with E-state index in [0.717, 1.165) is 32.1 Å². The fourth-order valence-corrected chi connectivity index (χ4v) is 2.49. The van der Waals surface area contributed by atoms with Crippen molar-refractivity contribution in [3.05, 3.63) is 0 Å². The Morgan fingerprint density at radius 1 is 1.44 bits per heavy atom. The van der Waals surface area contributed by atoms with E-state index in [1.807, 2.05) is 11.9 Å². The molecule has 0 aliphatic heterocycles. The molecule has 0 bridgehead atoms. The molecule has 1 saturated carbocycles. The summed E-state index contributed by atoms with van der Waals surface area (Å²) in [6.45, 7) is 2.23. The van der Waals surface area contributed by atoms with Crippen LogP contribution < -0.4 is 5.32 Å². The predicted octanol–water partition coefficient (Wildman–Crippen LogP) is 0.376. The van der Waals surface area contributed by atoms with Crippen molar-refractivity contribution in [3.8, 4) is 0 Å². The summed E-state index contributed by atoms with van der Waals surface area (Å²) in [5.74, 6) is 0.00944. The molecule has 1 fully saturated rings. The Labute approximate surface area is 109 Å². The fraction of sp³-hybridized carbons (Fsp3) is 0.923. The molecule has 106 valence electrons. The average Bonchev–Trinajstić information content (AvgIpc) is 2.70. The van der Waals surface area contributed by atoms with Crippen LogP contribution in [-0.2, 0) is 9.53 Å². The number of amides is 1. The van der Waals surface area contributed by atoms with Crippen molar-refractivity contribution >= 4 is 5.91 Å². The van der Waals surface area contributed by atoms with Crippen LogP contribution in [0.4, 0.5) is 0 Å². The zero-order chi connectivity index (χ0) is 13.4. The first-order valence-electron chi connectivity index (χ1n) is 6.72. The second-order valence-corrected chi connectivity index (χ2v) is 5.30. The predicted molar refractivity (Wildman–Crippen MR) is 70.4 cm³/mol. The number of carbonyl (C=O) groups is 1. The van der Waals surface area contributed by atoms with Crippen molar-refractivity contribution in [1.82, 2.24) is 10.2 Å². The van der Waals surface area contributed by atoms with Gasteiger partial charge in [-0.05, 0) is 26.3 Å². The first-order valence-corrected chi connectivity index (χ1v) is 6.72. The molecule has 18 heavy (non-hydrogen) atoms. The van der Waals surface area contributed by atoms with Gasteiger partial charge in [0.15, 0.2) is 0 Å². The van der Waals surface area contributed by atoms with E-state index >= 15 is 0 Å². The van der Waals surface area contributed by atoms with Crippen molar-refractivity contribution in [1.29, 1.82) is 0 Å². The number of rotatable bonds is 8. The SMILES string of the molecule is COCCCNC(=O)CN(C)CC1(O)CCCC1. The van der Waals surface area contributed by atoms with Gasteiger partial charge in [-0.15, -0.1) is 0 Å². The van der Waals surface area contributed by atoms with Crippen LogP contribution in [0.15, 0.2) is 0 Å². The van der Waals surface area contributed by atoms with Crippen molar-refractivity contribution in [2.24, 2.45) is 0 Å². The van der Waals surface area contributed by atoms with Crippen LogP contribution >= 0.6 is 0 Å². The monoisotopic (exact) mass is 258 g/mol. The highest BCUT2D eigenvalue weighted by molar-refractivity contribution is 5.77. The summed E-state index contributed by atoms with van der Waals surface area (Å²) < 4.78 is 4.91. The van der Waals surface area contributed by atoms with E-state index in [0.29, 0.717) is 26.2 Å². The fourth-order valence-electron chi connectivity index (χ4n) is 2.49. The van der Waals surface area contributed by atoms with Gasteiger partial charge >= 0.3 is 0 Å². The van der Waals surface area contributed by atoms with Gasteiger partial charge in [-0.2, -0.15) is 0 Å². The summed E-state index contributed by atoms with van der Waals surface area (Å²) in [5.41, 5.74) is -0.578. The van der Waals surface area contributed by atoms with Gasteiger partial charge in [0.25, 0.3) is 0 Å². The first kappa shape index (κ1) is 15.4. The van der Waals surface area contributed by atoms with Crippen LogP contribution in [0.2, 0.25) is 0 Å². The van der Waals surface area contributed by atoms with Crippen LogP contribution in [0, 0.1) is 0 Å². The number of methoxy groups -OCH3 is 1. The minimum Gasteiger partial charge on any atom is -0.389 e. The average molecular weight is 258 g/mol. The van der Waals surface area contributed by atoms with E-state index in [-0.39, 0.29) is 5.91 Å². The lowest BCUT2D eigenvalue weighted by molar-refractivity contribution is -0.122. The molecule has 0 radical (unpaired) electrons. The second-order valence-electron chi connectivity index (χ2n) is 5.30. The lowest BCUT2D eigenvalue weighted by atomic mass is 10.0. The quantitative estimate of drug-likeness (QED) is 0.618. The lowest BCUT2D eigenvalue weighted by Gasteiger charge is -2.28. The number of hydrogen-bond donors (Lipinski definition) is 2. The zero-order valence-corrected chi connectivity index (χ0v) is 11.6. The Morgan fingerprint density at radius 3 is 2.72 bits per heavy atom. The largest absolute Gasteiger partial charge is 0.389 e. The van der Waals surface area contributed by atoms with Gasteiger partial charge in [0.1, 0.15) is 0 Å². The van der Waals surface area contributed by atoms with Crippen LogP contribution in [0.1, 0.15) is 32.1 Å². The molecular weight excluding hydrogens is 232 g/mol. The van der Waals surface area contributed by atoms with Gasteiger partial charge in [0, 0.05) is 26.8 Å². The summed E-state index contributed by atoms with van der Waals surface area (Å²) in [7, 11) is 3.53. The number of nitrogens with zero attached hydrogens (tertiary/aromatic N) is 1. The summed E-state index contributed by atoms with van der Waals surface area (Å²) >= 11 is 0. The van der Waals surface area contributed by atoms with Gasteiger partial charge in [-0.3, -0.25) is 9.69 Å². The molecule has 0 saturated heterocycles. The summed E-state index contributed by atoms with van der Waals surface area (Å²) in [6, 6.07) is 0. The van der Waals surface area contributed by atoms with Gasteiger partial charge < -0.3 is 15.2 Å². The van der Waals surface area contributed by atoms with Gasteiger partial charge in [-0.25, -0.2) is 0 Å². The van der Waals surface area contributed by atoms with Crippen LogP contribution in [0.3, 0.4) is 0 Å². The highest BCUT2D eigenvalue weighted by Crippen LogP contribution is 2.29. The molecule has 0 aromatic heterocycles. The number of likely N-dealkylation sites (N-methyl/N-ethyl adjacent to an activating group) is 1.